The van der Waals surface area contributed by atoms with E-state index in [1.165, 1.54) is 17.9 Å². The number of anilines is 2. The van der Waals surface area contributed by atoms with Crippen LogP contribution in [-0.4, -0.2) is 55.2 Å². The summed E-state index contributed by atoms with van der Waals surface area (Å²) in [4.78, 5) is 26.4. The Balaban J connectivity index is 1.45. The minimum absolute atomic E-state index is 0.192. The zero-order valence-corrected chi connectivity index (χ0v) is 14.9. The molecule has 2 heterocycles. The van der Waals surface area contributed by atoms with Gasteiger partial charge in [-0.05, 0) is 30.5 Å². The van der Waals surface area contributed by atoms with Crippen LogP contribution in [0.4, 0.5) is 20.6 Å². The van der Waals surface area contributed by atoms with Crippen molar-refractivity contribution < 1.29 is 23.9 Å². The summed E-state index contributed by atoms with van der Waals surface area (Å²) in [6, 6.07) is 4.69. The fourth-order valence-electron chi connectivity index (χ4n) is 4.04. The molecular weight excluding hydrogens is 355 g/mol. The fraction of sp³-hybridized carbons (Fsp3) is 0.500. The van der Waals surface area contributed by atoms with E-state index in [-0.39, 0.29) is 24.9 Å². The number of benzene rings is 1. The summed E-state index contributed by atoms with van der Waals surface area (Å²) in [5.41, 5.74) is 1.68. The van der Waals surface area contributed by atoms with Gasteiger partial charge in [0.1, 0.15) is 11.9 Å². The maximum absolute atomic E-state index is 14.7. The third-order valence-electron chi connectivity index (χ3n) is 5.51. The van der Waals surface area contributed by atoms with E-state index in [1.54, 1.807) is 12.1 Å². The first-order valence-corrected chi connectivity index (χ1v) is 8.94. The van der Waals surface area contributed by atoms with E-state index in [9.17, 15) is 14.0 Å². The number of hydrogen-bond donors (Lipinski definition) is 2. The smallest absolute Gasteiger partial charge is 0.414 e. The molecule has 0 spiro atoms. The molecule has 3 aliphatic rings. The predicted molar refractivity (Wildman–Crippen MR) is 95.7 cm³/mol. The quantitative estimate of drug-likeness (QED) is 0.615. The number of amides is 2. The van der Waals surface area contributed by atoms with Gasteiger partial charge in [0.15, 0.2) is 0 Å². The topological polar surface area (TPSA) is 94.5 Å². The Hall–Kier alpha value is -2.84. The van der Waals surface area contributed by atoms with Crippen molar-refractivity contribution in [3.8, 4) is 0 Å². The molecule has 27 heavy (non-hydrogen) atoms. The zero-order valence-electron chi connectivity index (χ0n) is 14.9. The average molecular weight is 376 g/mol. The highest BCUT2D eigenvalue weighted by molar-refractivity contribution is 5.94. The summed E-state index contributed by atoms with van der Waals surface area (Å²) < 4.78 is 19.9. The van der Waals surface area contributed by atoms with E-state index in [4.69, 9.17) is 9.94 Å². The summed E-state index contributed by atoms with van der Waals surface area (Å²) in [7, 11) is 0. The molecule has 2 saturated heterocycles. The number of nitrogens with zero attached hydrogens (tertiary/aromatic N) is 3. The van der Waals surface area contributed by atoms with Gasteiger partial charge in [0, 0.05) is 25.9 Å². The highest BCUT2D eigenvalue weighted by Crippen LogP contribution is 2.41. The molecule has 2 N–H and O–H groups in total. The van der Waals surface area contributed by atoms with E-state index < -0.39 is 18.0 Å². The maximum Gasteiger partial charge on any atom is 0.414 e. The lowest BCUT2D eigenvalue weighted by Crippen LogP contribution is -2.35. The molecule has 1 aromatic rings. The molecule has 3 unspecified atom stereocenters. The number of ether oxygens (including phenoxy) is 1. The lowest BCUT2D eigenvalue weighted by atomic mass is 9.74. The van der Waals surface area contributed by atoms with Crippen LogP contribution in [0.15, 0.2) is 23.4 Å². The Kier molecular flexibility index (Phi) is 4.37. The minimum atomic E-state index is -0.555. The summed E-state index contributed by atoms with van der Waals surface area (Å²) in [5.74, 6) is -0.0153. The van der Waals surface area contributed by atoms with Gasteiger partial charge in [-0.25, -0.2) is 9.18 Å². The molecule has 0 bridgehead atoms. The molecule has 1 aromatic carbocycles. The molecule has 9 heteroatoms. The number of nitrogens with one attached hydrogen (secondary N) is 1. The third kappa shape index (κ3) is 3.17. The van der Waals surface area contributed by atoms with Gasteiger partial charge >= 0.3 is 6.09 Å². The van der Waals surface area contributed by atoms with Gasteiger partial charge in [-0.3, -0.25) is 9.69 Å². The molecule has 1 aliphatic carbocycles. The summed E-state index contributed by atoms with van der Waals surface area (Å²) in [5, 5.41) is 14.9. The number of carbonyl (C=O) groups is 2. The number of cyclic esters (lactones) is 1. The molecule has 0 radical (unpaired) electrons. The van der Waals surface area contributed by atoms with Crippen LogP contribution in [0, 0.1) is 17.7 Å². The van der Waals surface area contributed by atoms with Gasteiger partial charge in [0.25, 0.3) is 0 Å². The van der Waals surface area contributed by atoms with Crippen molar-refractivity contribution in [1.29, 1.82) is 0 Å². The first-order chi connectivity index (χ1) is 13.0. The average Bonchev–Trinajstić information content (AvgIpc) is 3.14. The minimum Gasteiger partial charge on any atom is -0.442 e. The van der Waals surface area contributed by atoms with Crippen LogP contribution in [0.25, 0.3) is 0 Å². The molecule has 2 amide bonds. The van der Waals surface area contributed by atoms with Crippen molar-refractivity contribution in [2.24, 2.45) is 17.0 Å². The number of oxime groups is 1. The van der Waals surface area contributed by atoms with Crippen molar-refractivity contribution >= 4 is 29.1 Å². The first-order valence-electron chi connectivity index (χ1n) is 8.94. The van der Waals surface area contributed by atoms with Gasteiger partial charge in [-0.2, -0.15) is 0 Å². The van der Waals surface area contributed by atoms with Crippen LogP contribution in [0.1, 0.15) is 13.3 Å². The molecule has 3 fully saturated rings. The first kappa shape index (κ1) is 17.6. The standard InChI is InChI=1S/C18H21FN4O4/c1-10(24)20-6-13-8-23(18(25)27-13)12-2-3-17(15(19)5-12)22-7-11-4-16(21-26)14(11)9-22/h2-3,5,11,13-14,26H,4,6-9H2,1H3,(H,20,24)/b21-16-. The van der Waals surface area contributed by atoms with Crippen molar-refractivity contribution in [3.05, 3.63) is 24.0 Å². The zero-order chi connectivity index (χ0) is 19.1. The van der Waals surface area contributed by atoms with Gasteiger partial charge in [0.05, 0.1) is 30.2 Å². The monoisotopic (exact) mass is 376 g/mol. The Morgan fingerprint density at radius 2 is 2.22 bits per heavy atom. The lowest BCUT2D eigenvalue weighted by Gasteiger charge is -2.29. The second-order valence-electron chi connectivity index (χ2n) is 7.26. The predicted octanol–water partition coefficient (Wildman–Crippen LogP) is 1.57. The van der Waals surface area contributed by atoms with Gasteiger partial charge in [-0.15, -0.1) is 0 Å². The molecule has 3 atom stereocenters. The molecular formula is C18H21FN4O4. The van der Waals surface area contributed by atoms with Crippen LogP contribution in [0.2, 0.25) is 0 Å². The van der Waals surface area contributed by atoms with Gasteiger partial charge in [-0.1, -0.05) is 5.16 Å². The normalized spacial score (nSPS) is 28.1. The molecule has 4 rings (SSSR count). The summed E-state index contributed by atoms with van der Waals surface area (Å²) >= 11 is 0. The highest BCUT2D eigenvalue weighted by atomic mass is 19.1. The largest absolute Gasteiger partial charge is 0.442 e. The lowest BCUT2D eigenvalue weighted by molar-refractivity contribution is -0.119. The Labute approximate surface area is 155 Å². The van der Waals surface area contributed by atoms with E-state index >= 15 is 0 Å². The van der Waals surface area contributed by atoms with E-state index in [2.05, 4.69) is 10.5 Å². The van der Waals surface area contributed by atoms with Crippen molar-refractivity contribution in [3.63, 3.8) is 0 Å². The van der Waals surface area contributed by atoms with Crippen LogP contribution >= 0.6 is 0 Å². The molecule has 1 saturated carbocycles. The molecule has 0 aromatic heterocycles. The molecule has 8 nitrogen and oxygen atoms in total. The van der Waals surface area contributed by atoms with Crippen molar-refractivity contribution in [2.75, 3.05) is 36.0 Å². The third-order valence-corrected chi connectivity index (χ3v) is 5.51. The number of carbonyl (C=O) groups excluding carboxylic acids is 2. The van der Waals surface area contributed by atoms with Crippen LogP contribution in [0.5, 0.6) is 0 Å². The second-order valence-corrected chi connectivity index (χ2v) is 7.26. The van der Waals surface area contributed by atoms with E-state index in [0.717, 1.165) is 18.7 Å². The SMILES string of the molecule is CC(=O)NCC1CN(c2ccc(N3CC4C/C(=N/O)C4C3)c(F)c2)C(=O)O1. The number of halogens is 1. The van der Waals surface area contributed by atoms with E-state index in [1.807, 2.05) is 4.90 Å². The second kappa shape index (κ2) is 6.71. The highest BCUT2D eigenvalue weighted by Gasteiger charge is 2.45. The summed E-state index contributed by atoms with van der Waals surface area (Å²) in [6.45, 7) is 3.23. The maximum atomic E-state index is 14.7. The van der Waals surface area contributed by atoms with Crippen LogP contribution in [-0.2, 0) is 9.53 Å². The van der Waals surface area contributed by atoms with Crippen LogP contribution in [0.3, 0.4) is 0 Å². The van der Waals surface area contributed by atoms with E-state index in [0.29, 0.717) is 23.8 Å². The number of hydrogen-bond acceptors (Lipinski definition) is 6. The van der Waals surface area contributed by atoms with Crippen LogP contribution < -0.4 is 15.1 Å². The van der Waals surface area contributed by atoms with Gasteiger partial charge in [0.2, 0.25) is 5.91 Å². The Morgan fingerprint density at radius 1 is 1.41 bits per heavy atom. The van der Waals surface area contributed by atoms with Crippen molar-refractivity contribution in [1.82, 2.24) is 5.32 Å². The van der Waals surface area contributed by atoms with Gasteiger partial charge < -0.3 is 20.2 Å². The fourth-order valence-corrected chi connectivity index (χ4v) is 4.04. The number of rotatable bonds is 4. The van der Waals surface area contributed by atoms with Crippen molar-refractivity contribution in [2.45, 2.75) is 19.4 Å². The number of fused-ring (bicyclic) bond motifs is 1. The molecule has 2 aliphatic heterocycles. The molecule has 144 valence electrons. The Morgan fingerprint density at radius 3 is 2.93 bits per heavy atom. The Bertz CT molecular complexity index is 815. The summed E-state index contributed by atoms with van der Waals surface area (Å²) in [6.07, 6.45) is -0.262.